The van der Waals surface area contributed by atoms with Gasteiger partial charge < -0.3 is 35.9 Å². The topological polar surface area (TPSA) is 124 Å². The Morgan fingerprint density at radius 1 is 1.14 bits per heavy atom. The number of carbonyl (C=O) groups is 2. The first-order chi connectivity index (χ1) is 13.4. The Kier molecular flexibility index (Phi) is 9.29. The number of nitrogens with two attached hydrogens (primary N) is 1. The van der Waals surface area contributed by atoms with Crippen molar-refractivity contribution in [2.45, 2.75) is 43.0 Å². The second-order valence-corrected chi connectivity index (χ2v) is 8.62. The van der Waals surface area contributed by atoms with Crippen molar-refractivity contribution >= 4 is 23.7 Å². The quantitative estimate of drug-likeness (QED) is 0.228. The highest BCUT2D eigenvalue weighted by Crippen LogP contribution is 2.47. The lowest BCUT2D eigenvalue weighted by Gasteiger charge is -2.35. The standard InChI is InChI=1S/C18H34N4O5S/c1-17-13-28-14(18(17,2)22-16(24)21-17)3-4-15(23)20-6-8-26-10-12-27-11-9-25-7-5-19/h14H,3-13,19H2,1-2H3,(H,20,23)(H2,21,22,24)/t14-,17-,18+/m1/s1. The Morgan fingerprint density at radius 2 is 1.79 bits per heavy atom. The molecule has 3 amide bonds. The van der Waals surface area contributed by atoms with E-state index in [1.807, 2.05) is 11.8 Å². The van der Waals surface area contributed by atoms with Crippen molar-refractivity contribution < 1.29 is 23.8 Å². The summed E-state index contributed by atoms with van der Waals surface area (Å²) in [5.74, 6) is 0.857. The largest absolute Gasteiger partial charge is 0.378 e. The van der Waals surface area contributed by atoms with E-state index in [0.29, 0.717) is 59.2 Å². The van der Waals surface area contributed by atoms with E-state index in [1.54, 1.807) is 0 Å². The molecule has 0 aromatic heterocycles. The van der Waals surface area contributed by atoms with Crippen molar-refractivity contribution in [2.24, 2.45) is 5.73 Å². The molecule has 2 heterocycles. The number of carbonyl (C=O) groups excluding carboxylic acids is 2. The molecule has 2 saturated heterocycles. The monoisotopic (exact) mass is 418 g/mol. The molecule has 2 rings (SSSR count). The minimum absolute atomic E-state index is 0.00647. The highest BCUT2D eigenvalue weighted by Gasteiger charge is 2.60. The summed E-state index contributed by atoms with van der Waals surface area (Å²) in [6, 6.07) is -0.121. The molecule has 28 heavy (non-hydrogen) atoms. The summed E-state index contributed by atoms with van der Waals surface area (Å²) in [5.41, 5.74) is 4.72. The van der Waals surface area contributed by atoms with Gasteiger partial charge in [-0.05, 0) is 20.3 Å². The third-order valence-corrected chi connectivity index (χ3v) is 7.19. The molecule has 9 nitrogen and oxygen atoms in total. The molecule has 0 radical (unpaired) electrons. The number of thioether (sulfide) groups is 1. The molecule has 0 saturated carbocycles. The molecular formula is C18H34N4O5S. The number of ether oxygens (including phenoxy) is 3. The van der Waals surface area contributed by atoms with Crippen LogP contribution >= 0.6 is 11.8 Å². The molecule has 0 unspecified atom stereocenters. The lowest BCUT2D eigenvalue weighted by atomic mass is 9.79. The third-order valence-electron chi connectivity index (χ3n) is 5.33. The van der Waals surface area contributed by atoms with E-state index in [9.17, 15) is 9.59 Å². The van der Waals surface area contributed by atoms with Gasteiger partial charge in [0, 0.05) is 30.5 Å². The van der Waals surface area contributed by atoms with Crippen LogP contribution in [-0.4, -0.2) is 86.7 Å². The number of hydrogen-bond donors (Lipinski definition) is 4. The van der Waals surface area contributed by atoms with E-state index < -0.39 is 0 Å². The number of rotatable bonds is 14. The number of hydrogen-bond acceptors (Lipinski definition) is 7. The molecule has 0 spiro atoms. The van der Waals surface area contributed by atoms with Crippen molar-refractivity contribution in [3.8, 4) is 0 Å². The fraction of sp³-hybridized carbons (Fsp3) is 0.889. The fourth-order valence-corrected chi connectivity index (χ4v) is 5.30. The van der Waals surface area contributed by atoms with Crippen LogP contribution in [0.15, 0.2) is 0 Å². The molecular weight excluding hydrogens is 384 g/mol. The molecule has 0 aromatic rings. The van der Waals surface area contributed by atoms with Gasteiger partial charge in [-0.1, -0.05) is 0 Å². The van der Waals surface area contributed by atoms with Crippen LogP contribution in [-0.2, 0) is 19.0 Å². The fourth-order valence-electron chi connectivity index (χ4n) is 3.45. The lowest BCUT2D eigenvalue weighted by Crippen LogP contribution is -2.58. The van der Waals surface area contributed by atoms with E-state index >= 15 is 0 Å². The van der Waals surface area contributed by atoms with Gasteiger partial charge in [0.25, 0.3) is 0 Å². The van der Waals surface area contributed by atoms with Crippen molar-refractivity contribution in [3.05, 3.63) is 0 Å². The second-order valence-electron chi connectivity index (χ2n) is 7.43. The highest BCUT2D eigenvalue weighted by atomic mass is 32.2. The molecule has 2 aliphatic rings. The van der Waals surface area contributed by atoms with E-state index in [2.05, 4.69) is 29.8 Å². The Morgan fingerprint density at radius 3 is 2.46 bits per heavy atom. The predicted molar refractivity (Wildman–Crippen MR) is 108 cm³/mol. The van der Waals surface area contributed by atoms with Crippen molar-refractivity contribution in [1.29, 1.82) is 0 Å². The van der Waals surface area contributed by atoms with Crippen molar-refractivity contribution in [2.75, 3.05) is 58.5 Å². The van der Waals surface area contributed by atoms with Crippen molar-refractivity contribution in [3.63, 3.8) is 0 Å². The van der Waals surface area contributed by atoms with Gasteiger partial charge in [0.05, 0.1) is 50.7 Å². The number of fused-ring (bicyclic) bond motifs is 1. The van der Waals surface area contributed by atoms with Crippen LogP contribution in [0.2, 0.25) is 0 Å². The van der Waals surface area contributed by atoms with Gasteiger partial charge in [-0.2, -0.15) is 11.8 Å². The van der Waals surface area contributed by atoms with E-state index in [0.717, 1.165) is 12.2 Å². The van der Waals surface area contributed by atoms with Gasteiger partial charge >= 0.3 is 6.03 Å². The summed E-state index contributed by atoms with van der Waals surface area (Å²) in [6.45, 7) is 8.14. The van der Waals surface area contributed by atoms with E-state index in [-0.39, 0.29) is 28.3 Å². The summed E-state index contributed by atoms with van der Waals surface area (Å²) in [6.07, 6.45) is 1.16. The van der Waals surface area contributed by atoms with Crippen LogP contribution < -0.4 is 21.7 Å². The summed E-state index contributed by atoms with van der Waals surface area (Å²) in [5, 5.41) is 9.15. The van der Waals surface area contributed by atoms with Gasteiger partial charge in [0.15, 0.2) is 0 Å². The number of nitrogens with one attached hydrogen (secondary N) is 3. The maximum absolute atomic E-state index is 12.1. The van der Waals surface area contributed by atoms with Gasteiger partial charge in [0.1, 0.15) is 0 Å². The van der Waals surface area contributed by atoms with Gasteiger partial charge in [0.2, 0.25) is 5.91 Å². The Hall–Kier alpha value is -1.07. The summed E-state index contributed by atoms with van der Waals surface area (Å²) in [7, 11) is 0. The summed E-state index contributed by atoms with van der Waals surface area (Å²) < 4.78 is 16.0. The van der Waals surface area contributed by atoms with Gasteiger partial charge in [-0.3, -0.25) is 4.79 Å². The van der Waals surface area contributed by atoms with Crippen LogP contribution in [0.4, 0.5) is 4.79 Å². The SMILES string of the molecule is C[C@@]12CS[C@H](CCC(=O)NCCOCCOCCOCCN)[C@]1(C)NC(=O)N2. The maximum atomic E-state index is 12.1. The molecule has 0 bridgehead atoms. The van der Waals surface area contributed by atoms with Crippen LogP contribution in [0.3, 0.4) is 0 Å². The molecule has 162 valence electrons. The number of urea groups is 1. The van der Waals surface area contributed by atoms with E-state index in [4.69, 9.17) is 19.9 Å². The molecule has 0 aromatic carbocycles. The molecule has 10 heteroatoms. The smallest absolute Gasteiger partial charge is 0.315 e. The normalized spacial score (nSPS) is 28.7. The summed E-state index contributed by atoms with van der Waals surface area (Å²) in [4.78, 5) is 23.8. The predicted octanol–water partition coefficient (Wildman–Crippen LogP) is -0.163. The Balaban J connectivity index is 1.48. The van der Waals surface area contributed by atoms with Gasteiger partial charge in [-0.25, -0.2) is 4.79 Å². The minimum Gasteiger partial charge on any atom is -0.378 e. The third kappa shape index (κ3) is 6.21. The first-order valence-corrected chi connectivity index (χ1v) is 10.9. The van der Waals surface area contributed by atoms with Gasteiger partial charge in [-0.15, -0.1) is 0 Å². The number of amides is 3. The van der Waals surface area contributed by atoms with Crippen LogP contribution in [0.25, 0.3) is 0 Å². The van der Waals surface area contributed by atoms with Crippen LogP contribution in [0.5, 0.6) is 0 Å². The molecule has 3 atom stereocenters. The first kappa shape index (κ1) is 23.2. The zero-order valence-corrected chi connectivity index (χ0v) is 17.7. The van der Waals surface area contributed by atoms with Crippen molar-refractivity contribution in [1.82, 2.24) is 16.0 Å². The Labute approximate surface area is 171 Å². The first-order valence-electron chi connectivity index (χ1n) is 9.83. The molecule has 5 N–H and O–H groups in total. The van der Waals surface area contributed by atoms with Crippen LogP contribution in [0.1, 0.15) is 26.7 Å². The summed E-state index contributed by atoms with van der Waals surface area (Å²) >= 11 is 1.81. The lowest BCUT2D eigenvalue weighted by molar-refractivity contribution is -0.121. The Bertz CT molecular complexity index is 526. The molecule has 2 fully saturated rings. The second kappa shape index (κ2) is 11.2. The zero-order chi connectivity index (χ0) is 20.5. The average molecular weight is 419 g/mol. The molecule has 2 aliphatic heterocycles. The highest BCUT2D eigenvalue weighted by molar-refractivity contribution is 8.00. The zero-order valence-electron chi connectivity index (χ0n) is 16.9. The maximum Gasteiger partial charge on any atom is 0.315 e. The van der Waals surface area contributed by atoms with Crippen LogP contribution in [0, 0.1) is 0 Å². The van der Waals surface area contributed by atoms with E-state index in [1.165, 1.54) is 0 Å². The molecule has 0 aliphatic carbocycles. The minimum atomic E-state index is -0.326. The average Bonchev–Trinajstić information content (AvgIpc) is 3.01.